The Hall–Kier alpha value is -2.29. The SMILES string of the molecule is O=C(O)Nc1ccccc1.c1ccccc1. The van der Waals surface area contributed by atoms with Gasteiger partial charge in [0, 0.05) is 5.69 Å². The number of nitrogens with one attached hydrogen (secondary N) is 1. The number of hydrogen-bond donors (Lipinski definition) is 2. The van der Waals surface area contributed by atoms with Gasteiger partial charge >= 0.3 is 6.09 Å². The van der Waals surface area contributed by atoms with Crippen molar-refractivity contribution in [3.8, 4) is 0 Å². The molecule has 1 amide bonds. The fourth-order valence-corrected chi connectivity index (χ4v) is 1.03. The average molecular weight is 215 g/mol. The molecule has 0 aliphatic rings. The highest BCUT2D eigenvalue weighted by Gasteiger charge is 1.93. The van der Waals surface area contributed by atoms with Crippen molar-refractivity contribution >= 4 is 11.8 Å². The van der Waals surface area contributed by atoms with Gasteiger partial charge in [0.25, 0.3) is 0 Å². The molecule has 0 atom stereocenters. The summed E-state index contributed by atoms with van der Waals surface area (Å²) in [6, 6.07) is 20.7. The molecule has 0 bridgehead atoms. The fraction of sp³-hybridized carbons (Fsp3) is 0. The lowest BCUT2D eigenvalue weighted by Gasteiger charge is -1.96. The monoisotopic (exact) mass is 215 g/mol. The number of rotatable bonds is 1. The Morgan fingerprint density at radius 2 is 1.19 bits per heavy atom. The maximum Gasteiger partial charge on any atom is 0.409 e. The van der Waals surface area contributed by atoms with E-state index in [0.717, 1.165) is 0 Å². The van der Waals surface area contributed by atoms with Gasteiger partial charge in [-0.1, -0.05) is 54.6 Å². The lowest BCUT2D eigenvalue weighted by atomic mass is 10.3. The molecular weight excluding hydrogens is 202 g/mol. The topological polar surface area (TPSA) is 49.3 Å². The van der Waals surface area contributed by atoms with Gasteiger partial charge in [-0.2, -0.15) is 0 Å². The van der Waals surface area contributed by atoms with Crippen LogP contribution in [-0.2, 0) is 0 Å². The van der Waals surface area contributed by atoms with Crippen LogP contribution < -0.4 is 5.32 Å². The lowest BCUT2D eigenvalue weighted by Crippen LogP contribution is -2.06. The number of amides is 1. The van der Waals surface area contributed by atoms with Crippen LogP contribution in [-0.4, -0.2) is 11.2 Å². The highest BCUT2D eigenvalue weighted by molar-refractivity contribution is 5.82. The Morgan fingerprint density at radius 3 is 1.56 bits per heavy atom. The van der Waals surface area contributed by atoms with Crippen LogP contribution in [0.5, 0.6) is 0 Å². The van der Waals surface area contributed by atoms with E-state index in [1.54, 1.807) is 24.3 Å². The standard InChI is InChI=1S/C7H7NO2.C6H6/c9-7(10)8-6-4-2-1-3-5-6;1-2-4-6-5-3-1/h1-5,8H,(H,9,10);1-6H. The molecule has 0 saturated carbocycles. The number of para-hydroxylation sites is 1. The summed E-state index contributed by atoms with van der Waals surface area (Å²) in [5, 5.41) is 10.5. The Kier molecular flexibility index (Phi) is 5.20. The predicted molar refractivity (Wildman–Crippen MR) is 64.5 cm³/mol. The van der Waals surface area contributed by atoms with Crippen LogP contribution >= 0.6 is 0 Å². The van der Waals surface area contributed by atoms with Gasteiger partial charge in [-0.05, 0) is 12.1 Å². The van der Waals surface area contributed by atoms with Crippen molar-refractivity contribution < 1.29 is 9.90 Å². The van der Waals surface area contributed by atoms with Crippen molar-refractivity contribution in [2.45, 2.75) is 0 Å². The summed E-state index contributed by atoms with van der Waals surface area (Å²) >= 11 is 0. The van der Waals surface area contributed by atoms with E-state index < -0.39 is 6.09 Å². The minimum Gasteiger partial charge on any atom is -0.465 e. The van der Waals surface area contributed by atoms with E-state index >= 15 is 0 Å². The van der Waals surface area contributed by atoms with Gasteiger partial charge < -0.3 is 5.11 Å². The van der Waals surface area contributed by atoms with Crippen molar-refractivity contribution in [1.29, 1.82) is 0 Å². The minimum atomic E-state index is -1.04. The van der Waals surface area contributed by atoms with Gasteiger partial charge in [0.1, 0.15) is 0 Å². The van der Waals surface area contributed by atoms with Gasteiger partial charge in [0.05, 0.1) is 0 Å². The zero-order chi connectivity index (χ0) is 11.6. The molecule has 2 aromatic rings. The number of carboxylic acid groups (broad SMARTS) is 1. The maximum absolute atomic E-state index is 10.1. The van der Waals surface area contributed by atoms with Crippen LogP contribution in [0.15, 0.2) is 66.7 Å². The summed E-state index contributed by atoms with van der Waals surface area (Å²) in [5.74, 6) is 0. The smallest absolute Gasteiger partial charge is 0.409 e. The first-order chi connectivity index (χ1) is 7.79. The molecule has 0 aromatic heterocycles. The van der Waals surface area contributed by atoms with Crippen molar-refractivity contribution in [1.82, 2.24) is 0 Å². The second-order valence-electron chi connectivity index (χ2n) is 2.95. The van der Waals surface area contributed by atoms with Crippen molar-refractivity contribution in [3.63, 3.8) is 0 Å². The minimum absolute atomic E-state index is 0.593. The summed E-state index contributed by atoms with van der Waals surface area (Å²) in [4.78, 5) is 10.1. The van der Waals surface area contributed by atoms with Gasteiger partial charge in [0.15, 0.2) is 0 Å². The van der Waals surface area contributed by atoms with Crippen LogP contribution in [0.25, 0.3) is 0 Å². The summed E-state index contributed by atoms with van der Waals surface area (Å²) in [6.07, 6.45) is -1.04. The third kappa shape index (κ3) is 5.44. The quantitative estimate of drug-likeness (QED) is 0.765. The lowest BCUT2D eigenvalue weighted by molar-refractivity contribution is 0.210. The Labute approximate surface area is 94.4 Å². The first kappa shape index (κ1) is 11.8. The van der Waals surface area contributed by atoms with Crippen LogP contribution in [0.3, 0.4) is 0 Å². The van der Waals surface area contributed by atoms with E-state index in [-0.39, 0.29) is 0 Å². The number of hydrogen-bond acceptors (Lipinski definition) is 1. The molecule has 16 heavy (non-hydrogen) atoms. The van der Waals surface area contributed by atoms with E-state index in [1.165, 1.54) is 0 Å². The summed E-state index contributed by atoms with van der Waals surface area (Å²) in [7, 11) is 0. The van der Waals surface area contributed by atoms with Crippen LogP contribution in [0.4, 0.5) is 10.5 Å². The Balaban J connectivity index is 0.000000181. The molecule has 0 saturated heterocycles. The molecule has 2 aromatic carbocycles. The van der Waals surface area contributed by atoms with Crippen LogP contribution in [0.2, 0.25) is 0 Å². The summed E-state index contributed by atoms with van der Waals surface area (Å²) in [5.41, 5.74) is 0.593. The zero-order valence-corrected chi connectivity index (χ0v) is 8.71. The number of benzene rings is 2. The average Bonchev–Trinajstić information content (AvgIpc) is 2.32. The molecular formula is C13H13NO2. The largest absolute Gasteiger partial charge is 0.465 e. The number of carbonyl (C=O) groups is 1. The fourth-order valence-electron chi connectivity index (χ4n) is 1.03. The summed E-state index contributed by atoms with van der Waals surface area (Å²) in [6.45, 7) is 0. The second kappa shape index (κ2) is 7.06. The van der Waals surface area contributed by atoms with Gasteiger partial charge in [-0.15, -0.1) is 0 Å². The molecule has 0 radical (unpaired) electrons. The molecule has 2 rings (SSSR count). The summed E-state index contributed by atoms with van der Waals surface area (Å²) < 4.78 is 0. The Bertz CT molecular complexity index is 374. The highest BCUT2D eigenvalue weighted by Crippen LogP contribution is 2.03. The van der Waals surface area contributed by atoms with Crippen molar-refractivity contribution in [3.05, 3.63) is 66.7 Å². The van der Waals surface area contributed by atoms with Crippen LogP contribution in [0.1, 0.15) is 0 Å². The molecule has 3 heteroatoms. The first-order valence-corrected chi connectivity index (χ1v) is 4.84. The van der Waals surface area contributed by atoms with E-state index in [9.17, 15) is 4.79 Å². The molecule has 0 aliphatic carbocycles. The van der Waals surface area contributed by atoms with Gasteiger partial charge in [-0.25, -0.2) is 4.79 Å². The van der Waals surface area contributed by atoms with Crippen molar-refractivity contribution in [2.75, 3.05) is 5.32 Å². The first-order valence-electron chi connectivity index (χ1n) is 4.84. The van der Waals surface area contributed by atoms with E-state index in [2.05, 4.69) is 5.32 Å². The van der Waals surface area contributed by atoms with E-state index in [1.807, 2.05) is 42.5 Å². The van der Waals surface area contributed by atoms with E-state index in [4.69, 9.17) is 5.11 Å². The molecule has 0 unspecified atom stereocenters. The Morgan fingerprint density at radius 1 is 0.812 bits per heavy atom. The molecule has 0 fully saturated rings. The normalized spacial score (nSPS) is 8.50. The molecule has 0 heterocycles. The zero-order valence-electron chi connectivity index (χ0n) is 8.71. The highest BCUT2D eigenvalue weighted by atomic mass is 16.4. The molecule has 3 nitrogen and oxygen atoms in total. The van der Waals surface area contributed by atoms with E-state index in [0.29, 0.717) is 5.69 Å². The molecule has 0 aliphatic heterocycles. The second-order valence-corrected chi connectivity index (χ2v) is 2.95. The van der Waals surface area contributed by atoms with Crippen LogP contribution in [0, 0.1) is 0 Å². The van der Waals surface area contributed by atoms with Crippen molar-refractivity contribution in [2.24, 2.45) is 0 Å². The van der Waals surface area contributed by atoms with Gasteiger partial charge in [0.2, 0.25) is 0 Å². The molecule has 2 N–H and O–H groups in total. The predicted octanol–water partition coefficient (Wildman–Crippen LogP) is 3.46. The molecule has 82 valence electrons. The van der Waals surface area contributed by atoms with Gasteiger partial charge in [-0.3, -0.25) is 5.32 Å². The molecule has 0 spiro atoms. The maximum atomic E-state index is 10.1. The third-order valence-electron chi connectivity index (χ3n) is 1.69. The third-order valence-corrected chi connectivity index (χ3v) is 1.69. The number of anilines is 1.